The number of nitrogens with zero attached hydrogens (tertiary/aromatic N) is 3. The van der Waals surface area contributed by atoms with Crippen molar-refractivity contribution in [2.75, 3.05) is 6.61 Å². The molecule has 1 N–H and O–H groups in total. The molecule has 226 valence electrons. The Morgan fingerprint density at radius 3 is 2.07 bits per heavy atom. The minimum atomic E-state index is -0.792. The third-order valence-electron chi connectivity index (χ3n) is 8.37. The number of carbonyl (C=O) groups excluding carboxylic acids is 1. The maximum Gasteiger partial charge on any atom is 0.321 e. The van der Waals surface area contributed by atoms with Crippen molar-refractivity contribution in [2.45, 2.75) is 70.3 Å². The lowest BCUT2D eigenvalue weighted by atomic mass is 9.88. The number of urea groups is 1. The van der Waals surface area contributed by atoms with Crippen molar-refractivity contribution in [1.82, 2.24) is 9.80 Å². The van der Waals surface area contributed by atoms with E-state index >= 15 is 0 Å². The molecule has 44 heavy (non-hydrogen) atoms. The summed E-state index contributed by atoms with van der Waals surface area (Å²) in [6.45, 7) is 3.44. The zero-order chi connectivity index (χ0) is 30.7. The van der Waals surface area contributed by atoms with Crippen LogP contribution in [-0.2, 0) is 25.9 Å². The normalized spacial score (nSPS) is 18.2. The molecule has 3 atom stereocenters. The highest BCUT2D eigenvalue weighted by Gasteiger charge is 2.45. The van der Waals surface area contributed by atoms with Crippen molar-refractivity contribution < 1.29 is 14.6 Å². The zero-order valence-electron chi connectivity index (χ0n) is 25.4. The Morgan fingerprint density at radius 2 is 1.39 bits per heavy atom. The molecule has 0 unspecified atom stereocenters. The Bertz CT molecular complexity index is 1540. The molecule has 0 aromatic heterocycles. The highest BCUT2D eigenvalue weighted by Crippen LogP contribution is 2.31. The molecule has 1 saturated heterocycles. The molecule has 1 aliphatic heterocycles. The molecule has 0 aliphatic carbocycles. The molecule has 6 nitrogen and oxygen atoms in total. The molecule has 2 amide bonds. The first-order valence-electron chi connectivity index (χ1n) is 15.6. The number of hydrogen-bond acceptors (Lipinski definition) is 4. The van der Waals surface area contributed by atoms with E-state index in [2.05, 4.69) is 25.1 Å². The highest BCUT2D eigenvalue weighted by molar-refractivity contribution is 5.77. The summed E-state index contributed by atoms with van der Waals surface area (Å²) < 4.78 is 5.97. The van der Waals surface area contributed by atoms with E-state index < -0.39 is 12.1 Å². The van der Waals surface area contributed by atoms with Gasteiger partial charge in [0.05, 0.1) is 36.4 Å². The van der Waals surface area contributed by atoms with E-state index in [1.165, 1.54) is 5.56 Å². The second-order valence-corrected chi connectivity index (χ2v) is 11.5. The van der Waals surface area contributed by atoms with Gasteiger partial charge in [-0.2, -0.15) is 5.26 Å². The van der Waals surface area contributed by atoms with Crippen LogP contribution in [0.4, 0.5) is 4.79 Å². The SMILES string of the molecule is CCCCOc1cccc(CN2C(=O)N(Cc3cccc(C#N)c3)[C@H](Cc3ccccc3)[C@H](O)[C@H]2CCc2ccccc2)c1. The maximum atomic E-state index is 14.6. The fraction of sp³-hybridized carbons (Fsp3) is 0.316. The summed E-state index contributed by atoms with van der Waals surface area (Å²) in [5, 5.41) is 21.7. The lowest BCUT2D eigenvalue weighted by Gasteiger charge is -2.49. The lowest BCUT2D eigenvalue weighted by molar-refractivity contribution is -0.0453. The van der Waals surface area contributed by atoms with Crippen LogP contribution >= 0.6 is 0 Å². The second kappa shape index (κ2) is 15.2. The Labute approximate surface area is 261 Å². The summed E-state index contributed by atoms with van der Waals surface area (Å²) >= 11 is 0. The van der Waals surface area contributed by atoms with E-state index in [0.29, 0.717) is 38.1 Å². The number of unbranched alkanes of at least 4 members (excludes halogenated alkanes) is 1. The van der Waals surface area contributed by atoms with Gasteiger partial charge in [0.1, 0.15) is 5.75 Å². The minimum Gasteiger partial charge on any atom is -0.494 e. The van der Waals surface area contributed by atoms with Gasteiger partial charge in [0.2, 0.25) is 0 Å². The van der Waals surface area contributed by atoms with Gasteiger partial charge in [-0.3, -0.25) is 0 Å². The Balaban J connectivity index is 1.49. The topological polar surface area (TPSA) is 76.8 Å². The van der Waals surface area contributed by atoms with Crippen LogP contribution in [0.3, 0.4) is 0 Å². The second-order valence-electron chi connectivity index (χ2n) is 11.5. The number of amides is 2. The molecule has 1 fully saturated rings. The third-order valence-corrected chi connectivity index (χ3v) is 8.37. The van der Waals surface area contributed by atoms with Gasteiger partial charge in [-0.05, 0) is 72.2 Å². The summed E-state index contributed by atoms with van der Waals surface area (Å²) in [5.74, 6) is 0.786. The van der Waals surface area contributed by atoms with Crippen molar-refractivity contribution in [3.63, 3.8) is 0 Å². The van der Waals surface area contributed by atoms with Crippen molar-refractivity contribution in [3.05, 3.63) is 137 Å². The summed E-state index contributed by atoms with van der Waals surface area (Å²) in [6, 6.07) is 36.8. The average Bonchev–Trinajstić information content (AvgIpc) is 3.06. The van der Waals surface area contributed by atoms with Gasteiger partial charge in [-0.15, -0.1) is 0 Å². The molecular formula is C38H41N3O3. The number of benzene rings is 4. The number of aliphatic hydroxyl groups is 1. The van der Waals surface area contributed by atoms with Gasteiger partial charge in [-0.1, -0.05) is 98.3 Å². The summed E-state index contributed by atoms with van der Waals surface area (Å²) in [5.41, 5.74) is 4.60. The van der Waals surface area contributed by atoms with Crippen LogP contribution in [0.5, 0.6) is 5.75 Å². The first-order chi connectivity index (χ1) is 21.6. The fourth-order valence-corrected chi connectivity index (χ4v) is 6.02. The standard InChI is InChI=1S/C38H41N3O3/c1-2-3-22-44-34-19-11-18-33(24-34)28-40-35(21-20-29-12-6-4-7-13-29)37(42)36(25-30-14-8-5-9-15-30)41(38(40)43)27-32-17-10-16-31(23-32)26-39/h4-19,23-24,35-37,42H,2-3,20-22,25,27-28H2,1H3/t35-,36-,37-/m1/s1. The van der Waals surface area contributed by atoms with E-state index in [1.807, 2.05) is 95.9 Å². The molecule has 1 heterocycles. The van der Waals surface area contributed by atoms with E-state index in [4.69, 9.17) is 4.74 Å². The molecule has 1 aliphatic rings. The Hall–Kier alpha value is -4.60. The van der Waals surface area contributed by atoms with Gasteiger partial charge in [0, 0.05) is 13.1 Å². The van der Waals surface area contributed by atoms with Crippen LogP contribution < -0.4 is 4.74 Å². The highest BCUT2D eigenvalue weighted by atomic mass is 16.5. The van der Waals surface area contributed by atoms with Gasteiger partial charge in [-0.25, -0.2) is 4.79 Å². The van der Waals surface area contributed by atoms with Crippen molar-refractivity contribution in [1.29, 1.82) is 5.26 Å². The largest absolute Gasteiger partial charge is 0.494 e. The molecule has 4 aromatic carbocycles. The number of carbonyl (C=O) groups is 1. The summed E-state index contributed by atoms with van der Waals surface area (Å²) in [6.07, 6.45) is 3.15. The maximum absolute atomic E-state index is 14.6. The number of nitriles is 1. The van der Waals surface area contributed by atoms with Crippen molar-refractivity contribution >= 4 is 6.03 Å². The first-order valence-corrected chi connectivity index (χ1v) is 15.6. The van der Waals surface area contributed by atoms with Crippen molar-refractivity contribution in [3.8, 4) is 11.8 Å². The van der Waals surface area contributed by atoms with Gasteiger partial charge in [0.25, 0.3) is 0 Å². The van der Waals surface area contributed by atoms with E-state index in [9.17, 15) is 15.2 Å². The summed E-state index contributed by atoms with van der Waals surface area (Å²) in [7, 11) is 0. The average molecular weight is 588 g/mol. The van der Waals surface area contributed by atoms with E-state index in [1.54, 1.807) is 11.0 Å². The van der Waals surface area contributed by atoms with E-state index in [0.717, 1.165) is 41.7 Å². The van der Waals surface area contributed by atoms with Crippen LogP contribution in [0.15, 0.2) is 109 Å². The number of ether oxygens (including phenoxy) is 1. The molecule has 0 bridgehead atoms. The molecule has 6 heteroatoms. The molecule has 0 saturated carbocycles. The number of hydrogen-bond donors (Lipinski definition) is 1. The van der Waals surface area contributed by atoms with Gasteiger partial charge < -0.3 is 19.6 Å². The predicted octanol–water partition coefficient (Wildman–Crippen LogP) is 7.15. The van der Waals surface area contributed by atoms with Crippen molar-refractivity contribution in [2.24, 2.45) is 0 Å². The van der Waals surface area contributed by atoms with Crippen LogP contribution in [0.1, 0.15) is 54.0 Å². The summed E-state index contributed by atoms with van der Waals surface area (Å²) in [4.78, 5) is 18.2. The Morgan fingerprint density at radius 1 is 0.773 bits per heavy atom. The molecule has 5 rings (SSSR count). The van der Waals surface area contributed by atoms with Crippen LogP contribution in [0.2, 0.25) is 0 Å². The monoisotopic (exact) mass is 587 g/mol. The zero-order valence-corrected chi connectivity index (χ0v) is 25.4. The molecule has 4 aromatic rings. The van der Waals surface area contributed by atoms with Gasteiger partial charge in [0.15, 0.2) is 0 Å². The number of rotatable bonds is 13. The van der Waals surface area contributed by atoms with Gasteiger partial charge >= 0.3 is 6.03 Å². The third kappa shape index (κ3) is 7.86. The number of aryl methyl sites for hydroxylation is 1. The quantitative estimate of drug-likeness (QED) is 0.169. The predicted molar refractivity (Wildman–Crippen MR) is 173 cm³/mol. The van der Waals surface area contributed by atoms with Crippen LogP contribution in [0.25, 0.3) is 0 Å². The Kier molecular flexibility index (Phi) is 10.7. The first kappa shape index (κ1) is 30.8. The number of aliphatic hydroxyl groups excluding tert-OH is 1. The molecule has 0 spiro atoms. The van der Waals surface area contributed by atoms with Crippen LogP contribution in [-0.4, -0.2) is 45.7 Å². The minimum absolute atomic E-state index is 0.117. The van der Waals surface area contributed by atoms with E-state index in [-0.39, 0.29) is 12.1 Å². The van der Waals surface area contributed by atoms with Crippen LogP contribution in [0, 0.1) is 11.3 Å². The molecular weight excluding hydrogens is 546 g/mol. The fourth-order valence-electron chi connectivity index (χ4n) is 6.02. The smallest absolute Gasteiger partial charge is 0.321 e. The lowest BCUT2D eigenvalue weighted by Crippen LogP contribution is -2.66. The molecule has 0 radical (unpaired) electrons.